The molecule has 0 saturated heterocycles. The smallest absolute Gasteiger partial charge is 0.255 e. The maximum atomic E-state index is 13.5. The highest BCUT2D eigenvalue weighted by Crippen LogP contribution is 2.39. The number of nitrogens with one attached hydrogen (secondary N) is 2. The van der Waals surface area contributed by atoms with Crippen LogP contribution in [0.25, 0.3) is 0 Å². The van der Waals surface area contributed by atoms with Gasteiger partial charge in [0.25, 0.3) is 5.91 Å². The predicted molar refractivity (Wildman–Crippen MR) is 143 cm³/mol. The molecule has 1 amide bonds. The van der Waals surface area contributed by atoms with Crippen molar-refractivity contribution >= 4 is 29.1 Å². The Kier molecular flexibility index (Phi) is 7.09. The van der Waals surface area contributed by atoms with Gasteiger partial charge < -0.3 is 20.1 Å². The molecule has 5 rings (SSSR count). The molecule has 37 heavy (non-hydrogen) atoms. The van der Waals surface area contributed by atoms with Crippen molar-refractivity contribution in [3.63, 3.8) is 0 Å². The van der Waals surface area contributed by atoms with Crippen LogP contribution in [0, 0.1) is 0 Å². The molecule has 188 valence electrons. The van der Waals surface area contributed by atoms with Gasteiger partial charge in [-0.2, -0.15) is 10.1 Å². The van der Waals surface area contributed by atoms with Gasteiger partial charge in [-0.3, -0.25) is 4.79 Å². The van der Waals surface area contributed by atoms with Crippen molar-refractivity contribution in [1.82, 2.24) is 14.8 Å². The van der Waals surface area contributed by atoms with Gasteiger partial charge in [-0.15, -0.1) is 0 Å². The lowest BCUT2D eigenvalue weighted by Crippen LogP contribution is -2.31. The lowest BCUT2D eigenvalue weighted by molar-refractivity contribution is -0.113. The second-order valence-corrected chi connectivity index (χ2v) is 8.91. The summed E-state index contributed by atoms with van der Waals surface area (Å²) in [7, 11) is 0. The van der Waals surface area contributed by atoms with E-state index in [1.165, 1.54) is 6.33 Å². The highest BCUT2D eigenvalue weighted by Gasteiger charge is 2.34. The maximum Gasteiger partial charge on any atom is 0.255 e. The average molecular weight is 516 g/mol. The Morgan fingerprint density at radius 1 is 1.05 bits per heavy atom. The van der Waals surface area contributed by atoms with E-state index in [0.717, 1.165) is 11.1 Å². The zero-order valence-corrected chi connectivity index (χ0v) is 21.2. The molecule has 0 fully saturated rings. The summed E-state index contributed by atoms with van der Waals surface area (Å²) in [5, 5.41) is 11.3. The Balaban J connectivity index is 1.48. The molecule has 2 heterocycles. The van der Waals surface area contributed by atoms with E-state index in [2.05, 4.69) is 20.7 Å². The number of nitrogens with zero attached hydrogens (tertiary/aromatic N) is 3. The highest BCUT2D eigenvalue weighted by atomic mass is 35.5. The number of anilines is 2. The Morgan fingerprint density at radius 3 is 2.59 bits per heavy atom. The van der Waals surface area contributed by atoms with Gasteiger partial charge in [0, 0.05) is 16.4 Å². The first-order valence-electron chi connectivity index (χ1n) is 11.9. The molecule has 0 radical (unpaired) electrons. The van der Waals surface area contributed by atoms with Crippen molar-refractivity contribution in [1.29, 1.82) is 0 Å². The predicted octanol–water partition coefficient (Wildman–Crippen LogP) is 5.84. The van der Waals surface area contributed by atoms with Crippen molar-refractivity contribution in [2.75, 3.05) is 17.2 Å². The normalized spacial score (nSPS) is 14.5. The molecule has 3 aromatic carbocycles. The minimum absolute atomic E-state index is 0.233. The number of fused-ring (bicyclic) bond motifs is 1. The number of carbonyl (C=O) groups is 1. The Labute approximate surface area is 219 Å². The number of amides is 1. The molecule has 0 spiro atoms. The molecule has 0 bridgehead atoms. The molecule has 8 nitrogen and oxygen atoms in total. The van der Waals surface area contributed by atoms with Gasteiger partial charge in [0.05, 0.1) is 12.2 Å². The fraction of sp³-hybridized carbons (Fsp3) is 0.179. The van der Waals surface area contributed by atoms with Crippen molar-refractivity contribution in [2.45, 2.75) is 26.5 Å². The van der Waals surface area contributed by atoms with Crippen LogP contribution in [0.3, 0.4) is 0 Å². The SMILES string of the molecule is CCOc1cc([C@@H]2C(C(=O)Nc3ccccc3)=C(C)Nc3ncnn32)ccc1OCc1ccc(Cl)cc1. The van der Waals surface area contributed by atoms with E-state index < -0.39 is 6.04 Å². The molecule has 9 heteroatoms. The molecule has 0 unspecified atom stereocenters. The molecule has 1 aliphatic heterocycles. The summed E-state index contributed by atoms with van der Waals surface area (Å²) in [6.07, 6.45) is 1.47. The first-order valence-corrected chi connectivity index (χ1v) is 12.3. The third kappa shape index (κ3) is 5.29. The van der Waals surface area contributed by atoms with Crippen molar-refractivity contribution in [3.05, 3.63) is 107 Å². The number of carbonyl (C=O) groups excluding carboxylic acids is 1. The van der Waals surface area contributed by atoms with Crippen molar-refractivity contribution < 1.29 is 14.3 Å². The van der Waals surface area contributed by atoms with Crippen LogP contribution in [0.1, 0.15) is 31.0 Å². The minimum Gasteiger partial charge on any atom is -0.490 e. The molecule has 2 N–H and O–H groups in total. The van der Waals surface area contributed by atoms with Gasteiger partial charge >= 0.3 is 0 Å². The molecule has 4 aromatic rings. The zero-order chi connectivity index (χ0) is 25.8. The number of ether oxygens (including phenoxy) is 2. The summed E-state index contributed by atoms with van der Waals surface area (Å²) in [6, 6.07) is 22.0. The number of halogens is 1. The fourth-order valence-corrected chi connectivity index (χ4v) is 4.36. The number of aromatic nitrogens is 3. The fourth-order valence-electron chi connectivity index (χ4n) is 4.24. The van der Waals surface area contributed by atoms with Crippen LogP contribution in [0.4, 0.5) is 11.6 Å². The van der Waals surface area contributed by atoms with Gasteiger partial charge in [-0.1, -0.05) is 48.0 Å². The van der Waals surface area contributed by atoms with Crippen LogP contribution in [-0.4, -0.2) is 27.3 Å². The van der Waals surface area contributed by atoms with Crippen LogP contribution in [0.2, 0.25) is 5.02 Å². The largest absolute Gasteiger partial charge is 0.490 e. The van der Waals surface area contributed by atoms with Crippen LogP contribution in [-0.2, 0) is 11.4 Å². The Bertz CT molecular complexity index is 1430. The summed E-state index contributed by atoms with van der Waals surface area (Å²) < 4.78 is 13.7. The lowest BCUT2D eigenvalue weighted by atomic mass is 9.94. The molecule has 0 saturated carbocycles. The van der Waals surface area contributed by atoms with E-state index in [9.17, 15) is 4.79 Å². The number of rotatable bonds is 8. The second kappa shape index (κ2) is 10.8. The third-order valence-corrected chi connectivity index (χ3v) is 6.21. The van der Waals surface area contributed by atoms with Gasteiger partial charge in [0.2, 0.25) is 5.95 Å². The lowest BCUT2D eigenvalue weighted by Gasteiger charge is -2.29. The number of para-hydroxylation sites is 1. The monoisotopic (exact) mass is 515 g/mol. The van der Waals surface area contributed by atoms with E-state index in [4.69, 9.17) is 21.1 Å². The van der Waals surface area contributed by atoms with E-state index in [0.29, 0.717) is 52.6 Å². The Morgan fingerprint density at radius 2 is 1.84 bits per heavy atom. The van der Waals surface area contributed by atoms with E-state index in [-0.39, 0.29) is 5.91 Å². The summed E-state index contributed by atoms with van der Waals surface area (Å²) in [4.78, 5) is 17.8. The summed E-state index contributed by atoms with van der Waals surface area (Å²) in [5.41, 5.74) is 3.73. The van der Waals surface area contributed by atoms with Crippen molar-refractivity contribution in [2.24, 2.45) is 0 Å². The van der Waals surface area contributed by atoms with Crippen LogP contribution in [0.15, 0.2) is 90.4 Å². The maximum absolute atomic E-state index is 13.5. The number of hydrogen-bond donors (Lipinski definition) is 2. The molecule has 1 aliphatic rings. The van der Waals surface area contributed by atoms with Gasteiger partial charge in [0.15, 0.2) is 11.5 Å². The average Bonchev–Trinajstić information content (AvgIpc) is 3.37. The van der Waals surface area contributed by atoms with Gasteiger partial charge in [-0.05, 0) is 61.4 Å². The minimum atomic E-state index is -0.521. The standard InChI is InChI=1S/C28H26ClN5O3/c1-3-36-24-15-20(11-14-23(24)37-16-19-9-12-21(29)13-10-19)26-25(18(2)32-28-30-17-31-34(26)28)27(35)33-22-7-5-4-6-8-22/h4-15,17,26H,3,16H2,1-2H3,(H,33,35)(H,30,31,32)/t26-/m1/s1. The third-order valence-electron chi connectivity index (χ3n) is 5.96. The van der Waals surface area contributed by atoms with Crippen LogP contribution < -0.4 is 20.1 Å². The zero-order valence-electron chi connectivity index (χ0n) is 20.4. The van der Waals surface area contributed by atoms with E-state index in [1.54, 1.807) is 4.68 Å². The molecule has 1 atom stereocenters. The molecule has 0 aliphatic carbocycles. The van der Waals surface area contributed by atoms with Gasteiger partial charge in [-0.25, -0.2) is 4.68 Å². The number of benzene rings is 3. The molecular weight excluding hydrogens is 490 g/mol. The quantitative estimate of drug-likeness (QED) is 0.306. The first-order chi connectivity index (χ1) is 18.0. The van der Waals surface area contributed by atoms with E-state index >= 15 is 0 Å². The summed E-state index contributed by atoms with van der Waals surface area (Å²) in [6.45, 7) is 4.59. The molecule has 1 aromatic heterocycles. The Hall–Kier alpha value is -4.30. The van der Waals surface area contributed by atoms with Gasteiger partial charge in [0.1, 0.15) is 19.0 Å². The van der Waals surface area contributed by atoms with Crippen LogP contribution in [0.5, 0.6) is 11.5 Å². The van der Waals surface area contributed by atoms with Crippen molar-refractivity contribution in [3.8, 4) is 11.5 Å². The first kappa shape index (κ1) is 24.4. The number of allylic oxidation sites excluding steroid dienone is 1. The number of hydrogen-bond acceptors (Lipinski definition) is 6. The topological polar surface area (TPSA) is 90.3 Å². The molecular formula is C28H26ClN5O3. The van der Waals surface area contributed by atoms with E-state index in [1.807, 2.05) is 86.6 Å². The summed E-state index contributed by atoms with van der Waals surface area (Å²) in [5.74, 6) is 1.50. The van der Waals surface area contributed by atoms with Crippen LogP contribution >= 0.6 is 11.6 Å². The summed E-state index contributed by atoms with van der Waals surface area (Å²) >= 11 is 5.99. The highest BCUT2D eigenvalue weighted by molar-refractivity contribution is 6.30. The second-order valence-electron chi connectivity index (χ2n) is 8.47.